The van der Waals surface area contributed by atoms with Gasteiger partial charge in [0.25, 0.3) is 0 Å². The maximum atomic E-state index is 11.7. The van der Waals surface area contributed by atoms with Gasteiger partial charge in [-0.3, -0.25) is 4.79 Å². The standard InChI is InChI=1S/C18H19NOS/c1-15-7-9-16(10-8-15)11-12-18(20)19-13-14-21-17-5-3-2-4-6-17/h2-12H,13-14H2,1H3,(H,19,20). The molecule has 0 aliphatic carbocycles. The van der Waals surface area contributed by atoms with Gasteiger partial charge in [0.15, 0.2) is 0 Å². The summed E-state index contributed by atoms with van der Waals surface area (Å²) in [6.45, 7) is 2.71. The predicted octanol–water partition coefficient (Wildman–Crippen LogP) is 3.92. The lowest BCUT2D eigenvalue weighted by molar-refractivity contribution is -0.116. The van der Waals surface area contributed by atoms with Crippen molar-refractivity contribution in [3.63, 3.8) is 0 Å². The van der Waals surface area contributed by atoms with Crippen LogP contribution in [0.2, 0.25) is 0 Å². The Morgan fingerprint density at radius 3 is 2.52 bits per heavy atom. The molecule has 2 aromatic carbocycles. The first-order chi connectivity index (χ1) is 10.2. The number of rotatable bonds is 6. The van der Waals surface area contributed by atoms with E-state index in [1.807, 2.05) is 55.5 Å². The van der Waals surface area contributed by atoms with Crippen molar-refractivity contribution in [1.82, 2.24) is 5.32 Å². The summed E-state index contributed by atoms with van der Waals surface area (Å²) in [5, 5.41) is 2.89. The summed E-state index contributed by atoms with van der Waals surface area (Å²) >= 11 is 1.74. The fraction of sp³-hybridized carbons (Fsp3) is 0.167. The zero-order valence-electron chi connectivity index (χ0n) is 12.1. The molecule has 0 saturated carbocycles. The smallest absolute Gasteiger partial charge is 0.244 e. The summed E-state index contributed by atoms with van der Waals surface area (Å²) in [5.74, 6) is 0.818. The Bertz CT molecular complexity index is 590. The fourth-order valence-electron chi connectivity index (χ4n) is 1.77. The van der Waals surface area contributed by atoms with E-state index in [-0.39, 0.29) is 5.91 Å². The Balaban J connectivity index is 1.69. The van der Waals surface area contributed by atoms with Gasteiger partial charge in [-0.25, -0.2) is 0 Å². The quantitative estimate of drug-likeness (QED) is 0.497. The number of carbonyl (C=O) groups is 1. The minimum Gasteiger partial charge on any atom is -0.352 e. The summed E-state index contributed by atoms with van der Waals surface area (Å²) in [7, 11) is 0. The number of aryl methyl sites for hydroxylation is 1. The molecule has 0 heterocycles. The van der Waals surface area contributed by atoms with Crippen LogP contribution >= 0.6 is 11.8 Å². The van der Waals surface area contributed by atoms with Gasteiger partial charge in [0, 0.05) is 23.3 Å². The Kier molecular flexibility index (Phi) is 6.10. The third-order valence-corrected chi connectivity index (χ3v) is 3.93. The molecule has 1 N–H and O–H groups in total. The van der Waals surface area contributed by atoms with E-state index in [2.05, 4.69) is 17.4 Å². The maximum Gasteiger partial charge on any atom is 0.244 e. The molecule has 2 rings (SSSR count). The molecule has 0 radical (unpaired) electrons. The molecule has 108 valence electrons. The lowest BCUT2D eigenvalue weighted by atomic mass is 10.1. The topological polar surface area (TPSA) is 29.1 Å². The Labute approximate surface area is 130 Å². The Morgan fingerprint density at radius 1 is 1.10 bits per heavy atom. The van der Waals surface area contributed by atoms with Crippen LogP contribution < -0.4 is 5.32 Å². The van der Waals surface area contributed by atoms with Crippen LogP contribution in [0.1, 0.15) is 11.1 Å². The number of carbonyl (C=O) groups excluding carboxylic acids is 1. The summed E-state index contributed by atoms with van der Waals surface area (Å²) in [6, 6.07) is 18.3. The van der Waals surface area contributed by atoms with Gasteiger partial charge < -0.3 is 5.32 Å². The summed E-state index contributed by atoms with van der Waals surface area (Å²) in [5.41, 5.74) is 2.25. The van der Waals surface area contributed by atoms with E-state index in [0.717, 1.165) is 11.3 Å². The highest BCUT2D eigenvalue weighted by Crippen LogP contribution is 2.15. The number of nitrogens with one attached hydrogen (secondary N) is 1. The van der Waals surface area contributed by atoms with E-state index in [9.17, 15) is 4.79 Å². The Morgan fingerprint density at radius 2 is 1.81 bits per heavy atom. The number of benzene rings is 2. The highest BCUT2D eigenvalue weighted by molar-refractivity contribution is 7.99. The van der Waals surface area contributed by atoms with Gasteiger partial charge in [0.05, 0.1) is 0 Å². The third kappa shape index (κ3) is 5.88. The molecular weight excluding hydrogens is 278 g/mol. The zero-order valence-corrected chi connectivity index (χ0v) is 12.9. The van der Waals surface area contributed by atoms with E-state index in [1.54, 1.807) is 17.8 Å². The van der Waals surface area contributed by atoms with Crippen LogP contribution in [-0.2, 0) is 4.79 Å². The monoisotopic (exact) mass is 297 g/mol. The van der Waals surface area contributed by atoms with Gasteiger partial charge in [-0.2, -0.15) is 0 Å². The molecule has 3 heteroatoms. The first kappa shape index (κ1) is 15.4. The molecule has 1 amide bonds. The molecule has 21 heavy (non-hydrogen) atoms. The first-order valence-electron chi connectivity index (χ1n) is 6.94. The zero-order chi connectivity index (χ0) is 14.9. The highest BCUT2D eigenvalue weighted by atomic mass is 32.2. The highest BCUT2D eigenvalue weighted by Gasteiger charge is 1.96. The van der Waals surface area contributed by atoms with Crippen molar-refractivity contribution >= 4 is 23.7 Å². The molecule has 0 aliphatic heterocycles. The van der Waals surface area contributed by atoms with Crippen LogP contribution in [0.25, 0.3) is 6.08 Å². The second-order valence-electron chi connectivity index (χ2n) is 4.70. The van der Waals surface area contributed by atoms with Crippen molar-refractivity contribution in [3.05, 3.63) is 71.8 Å². The van der Waals surface area contributed by atoms with E-state index >= 15 is 0 Å². The lowest BCUT2D eigenvalue weighted by Crippen LogP contribution is -2.23. The third-order valence-electron chi connectivity index (χ3n) is 2.92. The number of hydrogen-bond acceptors (Lipinski definition) is 2. The van der Waals surface area contributed by atoms with Crippen LogP contribution in [-0.4, -0.2) is 18.2 Å². The van der Waals surface area contributed by atoms with Crippen molar-refractivity contribution in [3.8, 4) is 0 Å². The van der Waals surface area contributed by atoms with Gasteiger partial charge in [-0.05, 0) is 30.7 Å². The summed E-state index contributed by atoms with van der Waals surface area (Å²) in [4.78, 5) is 12.9. The van der Waals surface area contributed by atoms with Crippen molar-refractivity contribution in [2.45, 2.75) is 11.8 Å². The summed E-state index contributed by atoms with van der Waals surface area (Å²) in [6.07, 6.45) is 3.41. The molecule has 0 aliphatic rings. The van der Waals surface area contributed by atoms with Gasteiger partial charge in [0.1, 0.15) is 0 Å². The van der Waals surface area contributed by atoms with Crippen LogP contribution in [0.3, 0.4) is 0 Å². The molecular formula is C18H19NOS. The Hall–Kier alpha value is -2.00. The average Bonchev–Trinajstić information content (AvgIpc) is 2.52. The van der Waals surface area contributed by atoms with Gasteiger partial charge in [-0.1, -0.05) is 48.0 Å². The number of amides is 1. The maximum absolute atomic E-state index is 11.7. The van der Waals surface area contributed by atoms with E-state index in [1.165, 1.54) is 10.5 Å². The molecule has 0 unspecified atom stereocenters. The van der Waals surface area contributed by atoms with Gasteiger partial charge in [-0.15, -0.1) is 11.8 Å². The molecule has 0 atom stereocenters. The lowest BCUT2D eigenvalue weighted by Gasteiger charge is -2.02. The number of thioether (sulfide) groups is 1. The molecule has 0 fully saturated rings. The van der Waals surface area contributed by atoms with Crippen molar-refractivity contribution in [2.24, 2.45) is 0 Å². The molecule has 2 nitrogen and oxygen atoms in total. The average molecular weight is 297 g/mol. The molecule has 0 bridgehead atoms. The van der Waals surface area contributed by atoms with Crippen LogP contribution in [0.4, 0.5) is 0 Å². The van der Waals surface area contributed by atoms with Gasteiger partial charge in [0.2, 0.25) is 5.91 Å². The first-order valence-corrected chi connectivity index (χ1v) is 7.93. The number of hydrogen-bond donors (Lipinski definition) is 1. The van der Waals surface area contributed by atoms with Crippen molar-refractivity contribution in [1.29, 1.82) is 0 Å². The normalized spacial score (nSPS) is 10.7. The minimum absolute atomic E-state index is 0.0516. The molecule has 0 aromatic heterocycles. The largest absolute Gasteiger partial charge is 0.352 e. The van der Waals surface area contributed by atoms with Crippen LogP contribution in [0, 0.1) is 6.92 Å². The predicted molar refractivity (Wildman–Crippen MR) is 90.4 cm³/mol. The second-order valence-corrected chi connectivity index (χ2v) is 5.86. The van der Waals surface area contributed by atoms with E-state index in [0.29, 0.717) is 6.54 Å². The fourth-order valence-corrected chi connectivity index (χ4v) is 2.56. The van der Waals surface area contributed by atoms with Crippen molar-refractivity contribution < 1.29 is 4.79 Å². The van der Waals surface area contributed by atoms with Crippen LogP contribution in [0.15, 0.2) is 65.6 Å². The second kappa shape index (κ2) is 8.32. The van der Waals surface area contributed by atoms with Crippen molar-refractivity contribution in [2.75, 3.05) is 12.3 Å². The molecule has 2 aromatic rings. The van der Waals surface area contributed by atoms with E-state index in [4.69, 9.17) is 0 Å². The van der Waals surface area contributed by atoms with Crippen LogP contribution in [0.5, 0.6) is 0 Å². The van der Waals surface area contributed by atoms with E-state index < -0.39 is 0 Å². The summed E-state index contributed by atoms with van der Waals surface area (Å²) < 4.78 is 0. The molecule has 0 saturated heterocycles. The molecule has 0 spiro atoms. The SMILES string of the molecule is Cc1ccc(C=CC(=O)NCCSc2ccccc2)cc1. The van der Waals surface area contributed by atoms with Gasteiger partial charge >= 0.3 is 0 Å². The minimum atomic E-state index is -0.0516.